The van der Waals surface area contributed by atoms with Crippen molar-refractivity contribution in [2.45, 2.75) is 6.10 Å². The van der Waals surface area contributed by atoms with Crippen LogP contribution >= 0.6 is 11.6 Å². The van der Waals surface area contributed by atoms with Gasteiger partial charge in [-0.3, -0.25) is 4.79 Å². The molecule has 5 heteroatoms. The molecule has 1 fully saturated rings. The van der Waals surface area contributed by atoms with Gasteiger partial charge in [0.15, 0.2) is 6.10 Å². The Morgan fingerprint density at radius 3 is 2.21 bits per heavy atom. The molecule has 1 aliphatic rings. The fourth-order valence-electron chi connectivity index (χ4n) is 3.01. The summed E-state index contributed by atoms with van der Waals surface area (Å²) in [6.07, 6.45) is -0.534. The first-order valence-electron chi connectivity index (χ1n) is 8.06. The van der Waals surface area contributed by atoms with Crippen LogP contribution in [0.2, 0.25) is 5.02 Å². The summed E-state index contributed by atoms with van der Waals surface area (Å²) in [5.74, 6) is 0.0273. The molecule has 1 amide bonds. The van der Waals surface area contributed by atoms with Gasteiger partial charge >= 0.3 is 0 Å². The molecular formula is C19H21ClN2O2. The molecule has 1 aliphatic heterocycles. The van der Waals surface area contributed by atoms with E-state index >= 15 is 0 Å². The molecule has 0 unspecified atom stereocenters. The normalized spacial score (nSPS) is 16.1. The third kappa shape index (κ3) is 3.71. The number of amides is 1. The predicted molar refractivity (Wildman–Crippen MR) is 96.4 cm³/mol. The Morgan fingerprint density at radius 2 is 1.62 bits per heavy atom. The Morgan fingerprint density at radius 1 is 1.00 bits per heavy atom. The second-order valence-electron chi connectivity index (χ2n) is 5.82. The number of piperazine rings is 1. The van der Waals surface area contributed by atoms with Crippen LogP contribution in [-0.2, 0) is 9.53 Å². The number of rotatable bonds is 4. The van der Waals surface area contributed by atoms with Gasteiger partial charge < -0.3 is 14.5 Å². The van der Waals surface area contributed by atoms with Crippen molar-refractivity contribution in [1.82, 2.24) is 4.90 Å². The standard InChI is InChI=1S/C19H21ClN2O2/c1-24-18(15-5-3-2-4-6-15)19(23)22-13-11-21(12-14-22)17-9-7-16(20)8-10-17/h2-10,18H,11-14H2,1H3/t18-/m1/s1. The van der Waals surface area contributed by atoms with E-state index in [4.69, 9.17) is 16.3 Å². The maximum Gasteiger partial charge on any atom is 0.256 e. The molecule has 0 aromatic heterocycles. The van der Waals surface area contributed by atoms with Crippen molar-refractivity contribution in [3.05, 3.63) is 65.2 Å². The Hall–Kier alpha value is -2.04. The van der Waals surface area contributed by atoms with Crippen LogP contribution in [0.25, 0.3) is 0 Å². The van der Waals surface area contributed by atoms with Crippen molar-refractivity contribution >= 4 is 23.2 Å². The lowest BCUT2D eigenvalue weighted by Crippen LogP contribution is -2.50. The largest absolute Gasteiger partial charge is 0.368 e. The first-order chi connectivity index (χ1) is 11.7. The summed E-state index contributed by atoms with van der Waals surface area (Å²) in [6.45, 7) is 2.99. The van der Waals surface area contributed by atoms with Crippen molar-refractivity contribution in [3.8, 4) is 0 Å². The van der Waals surface area contributed by atoms with Crippen LogP contribution < -0.4 is 4.90 Å². The summed E-state index contributed by atoms with van der Waals surface area (Å²) in [7, 11) is 1.58. The highest BCUT2D eigenvalue weighted by molar-refractivity contribution is 6.30. The van der Waals surface area contributed by atoms with Gasteiger partial charge in [0.1, 0.15) is 0 Å². The highest BCUT2D eigenvalue weighted by atomic mass is 35.5. The molecule has 24 heavy (non-hydrogen) atoms. The van der Waals surface area contributed by atoms with E-state index in [-0.39, 0.29) is 5.91 Å². The van der Waals surface area contributed by atoms with Crippen molar-refractivity contribution < 1.29 is 9.53 Å². The van der Waals surface area contributed by atoms with Crippen molar-refractivity contribution in [2.75, 3.05) is 38.2 Å². The number of hydrogen-bond donors (Lipinski definition) is 0. The monoisotopic (exact) mass is 344 g/mol. The smallest absolute Gasteiger partial charge is 0.256 e. The molecule has 0 bridgehead atoms. The Labute approximate surface area is 147 Å². The predicted octanol–water partition coefficient (Wildman–Crippen LogP) is 3.38. The number of carbonyl (C=O) groups excluding carboxylic acids is 1. The fourth-order valence-corrected chi connectivity index (χ4v) is 3.14. The number of halogens is 1. The van der Waals surface area contributed by atoms with E-state index in [0.29, 0.717) is 13.1 Å². The van der Waals surface area contributed by atoms with Crippen LogP contribution in [0.3, 0.4) is 0 Å². The molecule has 0 radical (unpaired) electrons. The summed E-state index contributed by atoms with van der Waals surface area (Å²) in [5.41, 5.74) is 2.03. The third-order valence-corrected chi connectivity index (χ3v) is 4.60. The van der Waals surface area contributed by atoms with Crippen LogP contribution in [0.1, 0.15) is 11.7 Å². The van der Waals surface area contributed by atoms with Crippen LogP contribution in [0.5, 0.6) is 0 Å². The van der Waals surface area contributed by atoms with Gasteiger partial charge in [-0.2, -0.15) is 0 Å². The minimum absolute atomic E-state index is 0.0273. The number of benzene rings is 2. The minimum Gasteiger partial charge on any atom is -0.368 e. The summed E-state index contributed by atoms with van der Waals surface area (Å²) in [6, 6.07) is 17.5. The van der Waals surface area contributed by atoms with E-state index in [2.05, 4.69) is 4.90 Å². The van der Waals surface area contributed by atoms with Crippen molar-refractivity contribution in [3.63, 3.8) is 0 Å². The van der Waals surface area contributed by atoms with Crippen LogP contribution in [0.15, 0.2) is 54.6 Å². The highest BCUT2D eigenvalue weighted by Gasteiger charge is 2.28. The number of ether oxygens (including phenoxy) is 1. The second kappa shape index (κ2) is 7.69. The van der Waals surface area contributed by atoms with Crippen LogP contribution in [-0.4, -0.2) is 44.1 Å². The van der Waals surface area contributed by atoms with Gasteiger partial charge in [0.25, 0.3) is 5.91 Å². The summed E-state index contributed by atoms with van der Waals surface area (Å²) in [4.78, 5) is 16.9. The zero-order chi connectivity index (χ0) is 16.9. The molecule has 2 aromatic carbocycles. The van der Waals surface area contributed by atoms with Gasteiger partial charge in [-0.25, -0.2) is 0 Å². The molecule has 0 aliphatic carbocycles. The molecule has 2 aromatic rings. The molecule has 0 N–H and O–H groups in total. The Kier molecular flexibility index (Phi) is 5.38. The number of carbonyl (C=O) groups is 1. The quantitative estimate of drug-likeness (QED) is 0.852. The van der Waals surface area contributed by atoms with Gasteiger partial charge in [0, 0.05) is 44.0 Å². The number of methoxy groups -OCH3 is 1. The Bertz CT molecular complexity index is 668. The van der Waals surface area contributed by atoms with Gasteiger partial charge in [-0.1, -0.05) is 41.9 Å². The summed E-state index contributed by atoms with van der Waals surface area (Å²) < 4.78 is 5.46. The zero-order valence-electron chi connectivity index (χ0n) is 13.7. The van der Waals surface area contributed by atoms with E-state index in [1.165, 1.54) is 0 Å². The zero-order valence-corrected chi connectivity index (χ0v) is 14.4. The van der Waals surface area contributed by atoms with E-state index in [1.54, 1.807) is 7.11 Å². The lowest BCUT2D eigenvalue weighted by atomic mass is 10.1. The number of nitrogens with zero attached hydrogens (tertiary/aromatic N) is 2. The topological polar surface area (TPSA) is 32.8 Å². The third-order valence-electron chi connectivity index (χ3n) is 4.35. The lowest BCUT2D eigenvalue weighted by molar-refractivity contribution is -0.142. The molecule has 0 saturated carbocycles. The molecule has 1 heterocycles. The van der Waals surface area contributed by atoms with E-state index < -0.39 is 6.10 Å². The maximum atomic E-state index is 12.8. The SMILES string of the molecule is CO[C@@H](C(=O)N1CCN(c2ccc(Cl)cc2)CC1)c1ccccc1. The Balaban J connectivity index is 1.63. The minimum atomic E-state index is -0.534. The number of hydrogen-bond acceptors (Lipinski definition) is 3. The molecule has 1 saturated heterocycles. The fraction of sp³-hybridized carbons (Fsp3) is 0.316. The molecule has 0 spiro atoms. The molecule has 4 nitrogen and oxygen atoms in total. The number of anilines is 1. The van der Waals surface area contributed by atoms with Gasteiger partial charge in [-0.05, 0) is 29.8 Å². The van der Waals surface area contributed by atoms with Crippen LogP contribution in [0.4, 0.5) is 5.69 Å². The molecule has 3 rings (SSSR count). The molecular weight excluding hydrogens is 324 g/mol. The van der Waals surface area contributed by atoms with Crippen LogP contribution in [0, 0.1) is 0 Å². The average Bonchev–Trinajstić information content (AvgIpc) is 2.64. The maximum absolute atomic E-state index is 12.8. The van der Waals surface area contributed by atoms with Gasteiger partial charge in [0.05, 0.1) is 0 Å². The summed E-state index contributed by atoms with van der Waals surface area (Å²) in [5, 5.41) is 0.735. The van der Waals surface area contributed by atoms with Gasteiger partial charge in [0.2, 0.25) is 0 Å². The van der Waals surface area contributed by atoms with Gasteiger partial charge in [-0.15, -0.1) is 0 Å². The van der Waals surface area contributed by atoms with E-state index in [0.717, 1.165) is 29.4 Å². The molecule has 126 valence electrons. The first kappa shape index (κ1) is 16.8. The highest BCUT2D eigenvalue weighted by Crippen LogP contribution is 2.23. The van der Waals surface area contributed by atoms with E-state index in [9.17, 15) is 4.79 Å². The first-order valence-corrected chi connectivity index (χ1v) is 8.44. The lowest BCUT2D eigenvalue weighted by Gasteiger charge is -2.37. The van der Waals surface area contributed by atoms with E-state index in [1.807, 2.05) is 59.5 Å². The van der Waals surface area contributed by atoms with Crippen molar-refractivity contribution in [1.29, 1.82) is 0 Å². The summed E-state index contributed by atoms with van der Waals surface area (Å²) >= 11 is 5.94. The van der Waals surface area contributed by atoms with Crippen molar-refractivity contribution in [2.24, 2.45) is 0 Å². The molecule has 1 atom stereocenters. The average molecular weight is 345 g/mol. The second-order valence-corrected chi connectivity index (χ2v) is 6.25.